The molecule has 0 heterocycles. The molecule has 132 valence electrons. The summed E-state index contributed by atoms with van der Waals surface area (Å²) in [6.07, 6.45) is 2.31. The molecule has 4 N–H and O–H groups in total. The highest BCUT2D eigenvalue weighted by Crippen LogP contribution is 2.22. The van der Waals surface area contributed by atoms with Gasteiger partial charge in [0.2, 0.25) is 0 Å². The molecule has 0 aromatic heterocycles. The van der Waals surface area contributed by atoms with Crippen LogP contribution >= 0.6 is 0 Å². The molecule has 0 saturated heterocycles. The van der Waals surface area contributed by atoms with Crippen LogP contribution in [0.4, 0.5) is 0 Å². The molecule has 0 aliphatic carbocycles. The quantitative estimate of drug-likeness (QED) is 0.577. The summed E-state index contributed by atoms with van der Waals surface area (Å²) < 4.78 is 0. The van der Waals surface area contributed by atoms with Crippen LogP contribution in [0, 0.1) is 0 Å². The summed E-state index contributed by atoms with van der Waals surface area (Å²) in [6.45, 7) is 0. The van der Waals surface area contributed by atoms with E-state index >= 15 is 0 Å². The molecule has 0 amide bonds. The van der Waals surface area contributed by atoms with Crippen molar-refractivity contribution in [1.29, 1.82) is 0 Å². The van der Waals surface area contributed by atoms with Crippen LogP contribution < -0.4 is 0 Å². The predicted octanol–water partition coefficient (Wildman–Crippen LogP) is 2.65. The molecule has 0 radical (unpaired) electrons. The Kier molecular flexibility index (Phi) is 5.17. The monoisotopic (exact) mass is 356 g/mol. The van der Waals surface area contributed by atoms with Gasteiger partial charge in [0.15, 0.2) is 0 Å². The van der Waals surface area contributed by atoms with Gasteiger partial charge in [0.1, 0.15) is 0 Å². The maximum atomic E-state index is 11.4. The van der Waals surface area contributed by atoms with Crippen molar-refractivity contribution < 1.29 is 39.6 Å². The fourth-order valence-corrected chi connectivity index (χ4v) is 2.42. The van der Waals surface area contributed by atoms with Crippen molar-refractivity contribution in [3.8, 4) is 0 Å². The SMILES string of the molecule is O=C(O)c1cccc(C(=O)O)c1C=Cc1cccc(C(=O)O)c1C(=O)O. The second-order valence-electron chi connectivity index (χ2n) is 5.09. The van der Waals surface area contributed by atoms with E-state index in [1.165, 1.54) is 36.4 Å². The van der Waals surface area contributed by atoms with Crippen LogP contribution in [0.2, 0.25) is 0 Å². The van der Waals surface area contributed by atoms with Gasteiger partial charge in [0.05, 0.1) is 22.3 Å². The van der Waals surface area contributed by atoms with E-state index in [9.17, 15) is 34.5 Å². The number of hydrogen-bond donors (Lipinski definition) is 4. The van der Waals surface area contributed by atoms with Gasteiger partial charge < -0.3 is 20.4 Å². The molecule has 0 saturated carbocycles. The minimum absolute atomic E-state index is 0.00562. The van der Waals surface area contributed by atoms with Gasteiger partial charge in [-0.1, -0.05) is 30.4 Å². The molecule has 0 atom stereocenters. The lowest BCUT2D eigenvalue weighted by Gasteiger charge is -2.08. The molecule has 0 aliphatic heterocycles. The van der Waals surface area contributed by atoms with Crippen molar-refractivity contribution in [3.63, 3.8) is 0 Å². The van der Waals surface area contributed by atoms with Gasteiger partial charge in [-0.05, 0) is 23.8 Å². The molecule has 2 rings (SSSR count). The van der Waals surface area contributed by atoms with E-state index in [0.717, 1.165) is 12.1 Å². The Hall–Kier alpha value is -3.94. The number of carbonyl (C=O) groups is 4. The molecule has 0 aliphatic rings. The first-order chi connectivity index (χ1) is 12.2. The first-order valence-electron chi connectivity index (χ1n) is 7.11. The highest BCUT2D eigenvalue weighted by molar-refractivity contribution is 6.06. The van der Waals surface area contributed by atoms with Crippen molar-refractivity contribution in [3.05, 3.63) is 69.8 Å². The van der Waals surface area contributed by atoms with Gasteiger partial charge >= 0.3 is 23.9 Å². The Morgan fingerprint density at radius 1 is 0.615 bits per heavy atom. The van der Waals surface area contributed by atoms with Crippen LogP contribution in [0.1, 0.15) is 52.6 Å². The van der Waals surface area contributed by atoms with E-state index in [1.807, 2.05) is 0 Å². The molecule has 0 bridgehead atoms. The van der Waals surface area contributed by atoms with E-state index in [0.29, 0.717) is 0 Å². The van der Waals surface area contributed by atoms with E-state index in [4.69, 9.17) is 5.11 Å². The van der Waals surface area contributed by atoms with E-state index < -0.39 is 35.0 Å². The summed E-state index contributed by atoms with van der Waals surface area (Å²) in [7, 11) is 0. The zero-order valence-corrected chi connectivity index (χ0v) is 13.0. The normalized spacial score (nSPS) is 10.6. The van der Waals surface area contributed by atoms with Crippen LogP contribution in [-0.2, 0) is 0 Å². The Bertz CT molecular complexity index is 923. The summed E-state index contributed by atoms with van der Waals surface area (Å²) in [5.41, 5.74) is -1.64. The lowest BCUT2D eigenvalue weighted by atomic mass is 9.97. The highest BCUT2D eigenvalue weighted by Gasteiger charge is 2.20. The second kappa shape index (κ2) is 7.31. The highest BCUT2D eigenvalue weighted by atomic mass is 16.4. The summed E-state index contributed by atoms with van der Waals surface area (Å²) in [6, 6.07) is 7.47. The molecule has 0 spiro atoms. The topological polar surface area (TPSA) is 149 Å². The molecule has 0 fully saturated rings. The van der Waals surface area contributed by atoms with Crippen LogP contribution in [0.25, 0.3) is 12.2 Å². The predicted molar refractivity (Wildman–Crippen MR) is 89.6 cm³/mol. The number of carboxylic acids is 4. The number of aromatic carboxylic acids is 4. The summed E-state index contributed by atoms with van der Waals surface area (Å²) in [5.74, 6) is -5.63. The molecule has 0 unspecified atom stereocenters. The number of rotatable bonds is 6. The average Bonchev–Trinajstić information content (AvgIpc) is 2.58. The Morgan fingerprint density at radius 2 is 1.08 bits per heavy atom. The van der Waals surface area contributed by atoms with Crippen molar-refractivity contribution >= 4 is 36.0 Å². The van der Waals surface area contributed by atoms with Crippen LogP contribution in [0.15, 0.2) is 36.4 Å². The zero-order valence-electron chi connectivity index (χ0n) is 13.0. The molecule has 2 aromatic rings. The smallest absolute Gasteiger partial charge is 0.337 e. The van der Waals surface area contributed by atoms with Gasteiger partial charge in [0, 0.05) is 5.56 Å². The minimum atomic E-state index is -1.48. The van der Waals surface area contributed by atoms with E-state index in [2.05, 4.69) is 0 Å². The molecule has 8 heteroatoms. The first kappa shape index (κ1) is 18.4. The average molecular weight is 356 g/mol. The van der Waals surface area contributed by atoms with Crippen molar-refractivity contribution in [2.45, 2.75) is 0 Å². The number of carboxylic acid groups (broad SMARTS) is 4. The van der Waals surface area contributed by atoms with E-state index in [-0.39, 0.29) is 22.3 Å². The molecule has 8 nitrogen and oxygen atoms in total. The van der Waals surface area contributed by atoms with Gasteiger partial charge in [-0.3, -0.25) is 0 Å². The van der Waals surface area contributed by atoms with Gasteiger partial charge in [-0.15, -0.1) is 0 Å². The van der Waals surface area contributed by atoms with Crippen LogP contribution in [-0.4, -0.2) is 44.3 Å². The zero-order chi connectivity index (χ0) is 19.4. The molecular weight excluding hydrogens is 344 g/mol. The van der Waals surface area contributed by atoms with Crippen LogP contribution in [0.5, 0.6) is 0 Å². The Morgan fingerprint density at radius 3 is 1.54 bits per heavy atom. The van der Waals surface area contributed by atoms with E-state index in [1.54, 1.807) is 0 Å². The third-order valence-electron chi connectivity index (χ3n) is 3.54. The maximum Gasteiger partial charge on any atom is 0.337 e. The van der Waals surface area contributed by atoms with Crippen molar-refractivity contribution in [2.24, 2.45) is 0 Å². The Labute approximate surface area is 146 Å². The fourth-order valence-electron chi connectivity index (χ4n) is 2.42. The molecular formula is C18H12O8. The number of hydrogen-bond acceptors (Lipinski definition) is 4. The second-order valence-corrected chi connectivity index (χ2v) is 5.09. The third kappa shape index (κ3) is 3.59. The molecule has 2 aromatic carbocycles. The van der Waals surface area contributed by atoms with Gasteiger partial charge in [0.25, 0.3) is 0 Å². The fraction of sp³-hybridized carbons (Fsp3) is 0. The van der Waals surface area contributed by atoms with Crippen molar-refractivity contribution in [2.75, 3.05) is 0 Å². The lowest BCUT2D eigenvalue weighted by Crippen LogP contribution is -2.10. The van der Waals surface area contributed by atoms with Crippen LogP contribution in [0.3, 0.4) is 0 Å². The number of benzene rings is 2. The standard InChI is InChI=1S/C18H12O8/c19-15(20)11-4-2-5-12(16(21)22)10(11)8-7-9-3-1-6-13(17(23)24)14(9)18(25)26/h1-8H,(H,19,20)(H,21,22)(H,23,24)(H,25,26). The molecule has 26 heavy (non-hydrogen) atoms. The maximum absolute atomic E-state index is 11.4. The largest absolute Gasteiger partial charge is 0.478 e. The third-order valence-corrected chi connectivity index (χ3v) is 3.54. The summed E-state index contributed by atoms with van der Waals surface area (Å²) >= 11 is 0. The van der Waals surface area contributed by atoms with Gasteiger partial charge in [-0.25, -0.2) is 19.2 Å². The van der Waals surface area contributed by atoms with Crippen molar-refractivity contribution in [1.82, 2.24) is 0 Å². The lowest BCUT2D eigenvalue weighted by molar-refractivity contribution is 0.0651. The minimum Gasteiger partial charge on any atom is -0.478 e. The van der Waals surface area contributed by atoms with Gasteiger partial charge in [-0.2, -0.15) is 0 Å². The Balaban J connectivity index is 2.67. The summed E-state index contributed by atoms with van der Waals surface area (Å²) in [4.78, 5) is 45.3. The first-order valence-corrected chi connectivity index (χ1v) is 7.11. The summed E-state index contributed by atoms with van der Waals surface area (Å²) in [5, 5.41) is 36.9.